The van der Waals surface area contributed by atoms with Gasteiger partial charge in [0, 0.05) is 22.5 Å². The zero-order chi connectivity index (χ0) is 22.3. The van der Waals surface area contributed by atoms with Crippen molar-refractivity contribution >= 4 is 38.6 Å². The van der Waals surface area contributed by atoms with Gasteiger partial charge in [-0.15, -0.1) is 0 Å². The van der Waals surface area contributed by atoms with Crippen LogP contribution in [0.4, 0.5) is 15.8 Å². The van der Waals surface area contributed by atoms with Gasteiger partial charge >= 0.3 is 0 Å². The van der Waals surface area contributed by atoms with E-state index in [-0.39, 0.29) is 21.1 Å². The maximum atomic E-state index is 14.0. The number of ketones is 1. The third-order valence-corrected chi connectivity index (χ3v) is 7.22. The largest absolute Gasteiger partial charge is 0.314 e. The summed E-state index contributed by atoms with van der Waals surface area (Å²) >= 11 is 5.89. The average molecular weight is 456 g/mol. The molecule has 0 saturated carbocycles. The number of anilines is 2. The zero-order valence-corrected chi connectivity index (χ0v) is 18.4. The number of allylic oxidation sites excluding steroid dienone is 1. The predicted octanol–water partition coefficient (Wildman–Crippen LogP) is 6.25. The van der Waals surface area contributed by atoms with Gasteiger partial charge in [0.25, 0.3) is 0 Å². The fraction of sp³-hybridized carbons (Fsp3) is 0.125. The van der Waals surface area contributed by atoms with Crippen molar-refractivity contribution < 1.29 is 17.6 Å². The number of carbonyl (C=O) groups is 1. The van der Waals surface area contributed by atoms with Crippen molar-refractivity contribution in [3.63, 3.8) is 0 Å². The van der Waals surface area contributed by atoms with Crippen LogP contribution in [0, 0.1) is 5.82 Å². The van der Waals surface area contributed by atoms with Crippen LogP contribution in [0.5, 0.6) is 0 Å². The van der Waals surface area contributed by atoms with Crippen LogP contribution in [0.25, 0.3) is 0 Å². The number of nitrogens with zero attached hydrogens (tertiary/aromatic N) is 1. The number of benzene rings is 3. The summed E-state index contributed by atoms with van der Waals surface area (Å²) in [7, 11) is -4.15. The quantitative estimate of drug-likeness (QED) is 0.344. The van der Waals surface area contributed by atoms with E-state index in [4.69, 9.17) is 11.6 Å². The second-order valence-electron chi connectivity index (χ2n) is 7.56. The van der Waals surface area contributed by atoms with E-state index in [1.54, 1.807) is 0 Å². The lowest BCUT2D eigenvalue weighted by Gasteiger charge is -2.29. The van der Waals surface area contributed by atoms with Gasteiger partial charge in [0.1, 0.15) is 10.7 Å². The van der Waals surface area contributed by atoms with Crippen molar-refractivity contribution in [2.75, 3.05) is 4.90 Å². The highest BCUT2D eigenvalue weighted by atomic mass is 35.5. The number of hydrogen-bond acceptors (Lipinski definition) is 4. The maximum absolute atomic E-state index is 14.0. The molecule has 0 spiro atoms. The molecule has 1 heterocycles. The van der Waals surface area contributed by atoms with Crippen molar-refractivity contribution in [2.45, 2.75) is 24.7 Å². The number of halogens is 2. The second-order valence-corrected chi connectivity index (χ2v) is 9.88. The molecule has 0 aromatic heterocycles. The van der Waals surface area contributed by atoms with Crippen molar-refractivity contribution in [2.24, 2.45) is 0 Å². The molecule has 0 bridgehead atoms. The van der Waals surface area contributed by atoms with Gasteiger partial charge in [0.15, 0.2) is 0 Å². The zero-order valence-electron chi connectivity index (χ0n) is 16.8. The van der Waals surface area contributed by atoms with Crippen LogP contribution < -0.4 is 4.90 Å². The first-order valence-electron chi connectivity index (χ1n) is 9.64. The smallest absolute Gasteiger partial charge is 0.214 e. The molecule has 0 aliphatic carbocycles. The summed E-state index contributed by atoms with van der Waals surface area (Å²) in [5.74, 6) is -0.910. The second kappa shape index (κ2) is 7.94. The molecule has 0 amide bonds. The van der Waals surface area contributed by atoms with Crippen LogP contribution in [0.15, 0.2) is 82.7 Å². The Hall–Kier alpha value is -2.96. The molecule has 0 N–H and O–H groups in total. The molecule has 0 radical (unpaired) electrons. The third kappa shape index (κ3) is 3.89. The van der Waals surface area contributed by atoms with Gasteiger partial charge in [-0.1, -0.05) is 37.6 Å². The summed E-state index contributed by atoms with van der Waals surface area (Å²) in [4.78, 5) is 14.2. The van der Waals surface area contributed by atoms with E-state index in [2.05, 4.69) is 13.8 Å². The van der Waals surface area contributed by atoms with Crippen LogP contribution in [0.2, 0.25) is 5.02 Å². The molecular formula is C24H19ClFNO3S. The lowest BCUT2D eigenvalue weighted by atomic mass is 10.0. The van der Waals surface area contributed by atoms with Crippen molar-refractivity contribution in [1.82, 2.24) is 0 Å². The molecule has 7 heteroatoms. The topological polar surface area (TPSA) is 54.5 Å². The summed E-state index contributed by atoms with van der Waals surface area (Å²) < 4.78 is 40.5. The highest BCUT2D eigenvalue weighted by molar-refractivity contribution is 7.96. The summed E-state index contributed by atoms with van der Waals surface area (Å²) in [6.07, 6.45) is 1.26. The summed E-state index contributed by atoms with van der Waals surface area (Å²) in [6, 6.07) is 16.9. The van der Waals surface area contributed by atoms with Gasteiger partial charge in [-0.2, -0.15) is 0 Å². The number of sulfone groups is 1. The molecule has 4 nitrogen and oxygen atoms in total. The SMILES string of the molecule is CC(C)c1ccc(N2C=C(C(=O)c3ccc(Cl)cc3)S(=O)(=O)c3ccc(F)cc32)cc1. The van der Waals surface area contributed by atoms with E-state index < -0.39 is 21.4 Å². The molecule has 1 aliphatic rings. The monoisotopic (exact) mass is 455 g/mol. The first-order valence-corrected chi connectivity index (χ1v) is 11.5. The number of fused-ring (bicyclic) bond motifs is 1. The lowest BCUT2D eigenvalue weighted by Crippen LogP contribution is -2.26. The fourth-order valence-corrected chi connectivity index (χ4v) is 5.09. The van der Waals surface area contributed by atoms with Crippen molar-refractivity contribution in [3.05, 3.63) is 99.8 Å². The predicted molar refractivity (Wildman–Crippen MR) is 120 cm³/mol. The Balaban J connectivity index is 1.89. The molecule has 0 fully saturated rings. The van der Waals surface area contributed by atoms with Gasteiger partial charge < -0.3 is 4.90 Å². The van der Waals surface area contributed by atoms with E-state index in [9.17, 15) is 17.6 Å². The van der Waals surface area contributed by atoms with E-state index >= 15 is 0 Å². The number of hydrogen-bond donors (Lipinski definition) is 0. The van der Waals surface area contributed by atoms with Crippen LogP contribution in [-0.4, -0.2) is 14.2 Å². The molecule has 4 rings (SSSR count). The van der Waals surface area contributed by atoms with Crippen LogP contribution in [0.3, 0.4) is 0 Å². The molecular weight excluding hydrogens is 437 g/mol. The normalized spacial score (nSPS) is 14.9. The minimum Gasteiger partial charge on any atom is -0.314 e. The Morgan fingerprint density at radius 2 is 1.61 bits per heavy atom. The van der Waals surface area contributed by atoms with E-state index in [0.717, 1.165) is 17.7 Å². The molecule has 3 aromatic rings. The lowest BCUT2D eigenvalue weighted by molar-refractivity contribution is 0.104. The number of carbonyl (C=O) groups excluding carboxylic acids is 1. The standard InChI is InChI=1S/C24H19ClFNO3S/c1-15(2)16-5-10-20(11-6-16)27-14-23(24(28)17-3-7-18(25)8-4-17)31(29,30)22-12-9-19(26)13-21(22)27/h3-15H,1-2H3. The first-order chi connectivity index (χ1) is 14.7. The fourth-order valence-electron chi connectivity index (χ4n) is 3.44. The highest BCUT2D eigenvalue weighted by Crippen LogP contribution is 2.41. The average Bonchev–Trinajstić information content (AvgIpc) is 2.74. The van der Waals surface area contributed by atoms with Gasteiger partial charge in [-0.25, -0.2) is 12.8 Å². The molecule has 158 valence electrons. The molecule has 1 aliphatic heterocycles. The summed E-state index contributed by atoms with van der Waals surface area (Å²) in [6.45, 7) is 4.13. The Bertz CT molecular complexity index is 1300. The summed E-state index contributed by atoms with van der Waals surface area (Å²) in [5, 5.41) is 0.435. The Labute approximate surface area is 185 Å². The van der Waals surface area contributed by atoms with Crippen LogP contribution in [0.1, 0.15) is 35.7 Å². The van der Waals surface area contributed by atoms with Gasteiger partial charge in [-0.05, 0) is 66.1 Å². The van der Waals surface area contributed by atoms with Gasteiger partial charge in [-0.3, -0.25) is 4.79 Å². The molecule has 3 aromatic carbocycles. The first kappa shape index (κ1) is 21.3. The molecule has 0 atom stereocenters. The number of rotatable bonds is 4. The maximum Gasteiger partial charge on any atom is 0.214 e. The third-order valence-electron chi connectivity index (χ3n) is 5.17. The van der Waals surface area contributed by atoms with E-state index in [0.29, 0.717) is 16.6 Å². The minimum atomic E-state index is -4.15. The van der Waals surface area contributed by atoms with Gasteiger partial charge in [0.05, 0.1) is 10.6 Å². The summed E-state index contributed by atoms with van der Waals surface area (Å²) in [5.41, 5.74) is 2.08. The van der Waals surface area contributed by atoms with Crippen molar-refractivity contribution in [1.29, 1.82) is 0 Å². The van der Waals surface area contributed by atoms with E-state index in [1.807, 2.05) is 24.3 Å². The van der Waals surface area contributed by atoms with E-state index in [1.165, 1.54) is 41.4 Å². The molecule has 0 saturated heterocycles. The van der Waals surface area contributed by atoms with Crippen molar-refractivity contribution in [3.8, 4) is 0 Å². The highest BCUT2D eigenvalue weighted by Gasteiger charge is 2.36. The number of Topliss-reactive ketones (excluding diaryl/α,β-unsaturated/α-hetero) is 1. The molecule has 31 heavy (non-hydrogen) atoms. The Morgan fingerprint density at radius 1 is 0.968 bits per heavy atom. The Kier molecular flexibility index (Phi) is 5.45. The van der Waals surface area contributed by atoms with Gasteiger partial charge in [0.2, 0.25) is 15.6 Å². The van der Waals surface area contributed by atoms with Crippen LogP contribution >= 0.6 is 11.6 Å². The van der Waals surface area contributed by atoms with Crippen LogP contribution in [-0.2, 0) is 9.84 Å². The minimum absolute atomic E-state index is 0.123. The Morgan fingerprint density at radius 3 is 2.23 bits per heavy atom. The molecule has 0 unspecified atom stereocenters.